The quantitative estimate of drug-likeness (QED) is 0.391. The van der Waals surface area contributed by atoms with Gasteiger partial charge in [-0.2, -0.15) is 0 Å². The second-order valence-corrected chi connectivity index (χ2v) is 7.75. The van der Waals surface area contributed by atoms with E-state index in [1.807, 2.05) is 0 Å². The van der Waals surface area contributed by atoms with E-state index >= 15 is 0 Å². The number of benzene rings is 3. The van der Waals surface area contributed by atoms with Gasteiger partial charge >= 0.3 is 6.16 Å². The predicted octanol–water partition coefficient (Wildman–Crippen LogP) is 5.00. The van der Waals surface area contributed by atoms with Crippen LogP contribution in [0.2, 0.25) is 5.02 Å². The molecule has 1 heterocycles. The summed E-state index contributed by atoms with van der Waals surface area (Å²) in [4.78, 5) is 38.1. The van der Waals surface area contributed by atoms with Crippen LogP contribution in [0.5, 0.6) is 5.88 Å². The number of pyridine rings is 1. The molecule has 0 saturated carbocycles. The normalized spacial score (nSPS) is 10.7. The third kappa shape index (κ3) is 4.85. The standard InChI is InChI=1S/C25H17ClF2N2O5/c1-34-25(33)35-24-18(13-29-23(32)14-7-10-19(27)20(28)11-14)22(31)17-9-8-15(26)12-21(17)30(24)16-5-3-2-4-6-16/h2-12H,13H2,1H3,(H,29,32). The minimum absolute atomic E-state index is 0.0787. The molecule has 4 rings (SSSR count). The van der Waals surface area contributed by atoms with Gasteiger partial charge in [0.15, 0.2) is 17.1 Å². The number of carbonyl (C=O) groups excluding carboxylic acids is 2. The minimum atomic E-state index is -1.19. The van der Waals surface area contributed by atoms with Crippen molar-refractivity contribution in [2.24, 2.45) is 0 Å². The Bertz CT molecular complexity index is 1510. The van der Waals surface area contributed by atoms with Gasteiger partial charge in [-0.25, -0.2) is 13.6 Å². The minimum Gasteiger partial charge on any atom is -0.437 e. The fourth-order valence-electron chi connectivity index (χ4n) is 3.51. The second-order valence-electron chi connectivity index (χ2n) is 7.31. The Hall–Kier alpha value is -4.24. The van der Waals surface area contributed by atoms with Crippen molar-refractivity contribution in [3.63, 3.8) is 0 Å². The fraction of sp³-hybridized carbons (Fsp3) is 0.0800. The van der Waals surface area contributed by atoms with E-state index in [2.05, 4.69) is 10.1 Å². The van der Waals surface area contributed by atoms with Crippen molar-refractivity contribution < 1.29 is 27.8 Å². The molecule has 0 saturated heterocycles. The number of rotatable bonds is 5. The van der Waals surface area contributed by atoms with Crippen LogP contribution in [0.4, 0.5) is 13.6 Å². The molecular weight excluding hydrogens is 482 g/mol. The molecule has 0 aliphatic rings. The van der Waals surface area contributed by atoms with Crippen molar-refractivity contribution in [2.75, 3.05) is 7.11 Å². The SMILES string of the molecule is COC(=O)Oc1c(CNC(=O)c2ccc(F)c(F)c2)c(=O)c2ccc(Cl)cc2n1-c1ccccc1. The molecule has 0 bridgehead atoms. The molecule has 7 nitrogen and oxygen atoms in total. The molecule has 10 heteroatoms. The Labute approximate surface area is 202 Å². The fourth-order valence-corrected chi connectivity index (χ4v) is 3.68. The first kappa shape index (κ1) is 23.9. The molecule has 0 fully saturated rings. The maximum Gasteiger partial charge on any atom is 0.514 e. The zero-order chi connectivity index (χ0) is 25.1. The molecule has 178 valence electrons. The Morgan fingerprint density at radius 2 is 1.74 bits per heavy atom. The maximum atomic E-state index is 13.6. The number of hydrogen-bond acceptors (Lipinski definition) is 5. The summed E-state index contributed by atoms with van der Waals surface area (Å²) >= 11 is 6.19. The summed E-state index contributed by atoms with van der Waals surface area (Å²) in [6.07, 6.45) is -1.09. The Kier molecular flexibility index (Phi) is 6.79. The van der Waals surface area contributed by atoms with Crippen LogP contribution in [0.3, 0.4) is 0 Å². The van der Waals surface area contributed by atoms with Crippen LogP contribution in [0.25, 0.3) is 16.6 Å². The number of carbonyl (C=O) groups is 2. The number of aromatic nitrogens is 1. The van der Waals surface area contributed by atoms with Crippen LogP contribution < -0.4 is 15.5 Å². The highest BCUT2D eigenvalue weighted by Crippen LogP contribution is 2.29. The Morgan fingerprint density at radius 1 is 1.00 bits per heavy atom. The number of para-hydroxylation sites is 1. The summed E-state index contributed by atoms with van der Waals surface area (Å²) in [5, 5.41) is 3.07. The average molecular weight is 499 g/mol. The van der Waals surface area contributed by atoms with E-state index < -0.39 is 35.7 Å². The largest absolute Gasteiger partial charge is 0.514 e. The molecule has 1 amide bonds. The van der Waals surface area contributed by atoms with E-state index in [1.54, 1.807) is 36.4 Å². The third-order valence-electron chi connectivity index (χ3n) is 5.15. The molecular formula is C25H17ClF2N2O5. The van der Waals surface area contributed by atoms with Crippen LogP contribution in [0.1, 0.15) is 15.9 Å². The van der Waals surface area contributed by atoms with Crippen LogP contribution in [-0.4, -0.2) is 23.7 Å². The Morgan fingerprint density at radius 3 is 2.43 bits per heavy atom. The maximum absolute atomic E-state index is 13.6. The molecule has 0 unspecified atom stereocenters. The van der Waals surface area contributed by atoms with Gasteiger partial charge in [0.2, 0.25) is 5.88 Å². The molecule has 35 heavy (non-hydrogen) atoms. The van der Waals surface area contributed by atoms with Crippen molar-refractivity contribution >= 4 is 34.6 Å². The number of fused-ring (bicyclic) bond motifs is 1. The predicted molar refractivity (Wildman–Crippen MR) is 125 cm³/mol. The van der Waals surface area contributed by atoms with Crippen LogP contribution in [0, 0.1) is 11.6 Å². The van der Waals surface area contributed by atoms with Gasteiger partial charge in [0.25, 0.3) is 5.91 Å². The lowest BCUT2D eigenvalue weighted by Crippen LogP contribution is -2.29. The molecule has 0 atom stereocenters. The number of halogens is 3. The van der Waals surface area contributed by atoms with Gasteiger partial charge in [0, 0.05) is 21.7 Å². The highest BCUT2D eigenvalue weighted by Gasteiger charge is 2.23. The molecule has 4 aromatic rings. The average Bonchev–Trinajstić information content (AvgIpc) is 2.85. The summed E-state index contributed by atoms with van der Waals surface area (Å²) < 4.78 is 38.3. The lowest BCUT2D eigenvalue weighted by Gasteiger charge is -2.20. The topological polar surface area (TPSA) is 86.6 Å². The van der Waals surface area contributed by atoms with Crippen LogP contribution >= 0.6 is 11.6 Å². The summed E-state index contributed by atoms with van der Waals surface area (Å²) in [7, 11) is 1.11. The number of ether oxygens (including phenoxy) is 2. The monoisotopic (exact) mass is 498 g/mol. The van der Waals surface area contributed by atoms with E-state index in [-0.39, 0.29) is 22.4 Å². The number of nitrogens with zero attached hydrogens (tertiary/aromatic N) is 1. The van der Waals surface area contributed by atoms with Gasteiger partial charge in [-0.15, -0.1) is 0 Å². The first-order valence-corrected chi connectivity index (χ1v) is 10.6. The number of methoxy groups -OCH3 is 1. The lowest BCUT2D eigenvalue weighted by atomic mass is 10.1. The van der Waals surface area contributed by atoms with Crippen molar-refractivity contribution in [3.05, 3.63) is 105 Å². The molecule has 0 spiro atoms. The van der Waals surface area contributed by atoms with Gasteiger partial charge in [-0.3, -0.25) is 14.2 Å². The van der Waals surface area contributed by atoms with Crippen LogP contribution in [0.15, 0.2) is 71.5 Å². The zero-order valence-electron chi connectivity index (χ0n) is 18.2. The van der Waals surface area contributed by atoms with Crippen molar-refractivity contribution in [2.45, 2.75) is 6.54 Å². The molecule has 1 N–H and O–H groups in total. The smallest absolute Gasteiger partial charge is 0.437 e. The number of hydrogen-bond donors (Lipinski definition) is 1. The van der Waals surface area contributed by atoms with Gasteiger partial charge in [0.1, 0.15) is 0 Å². The highest BCUT2D eigenvalue weighted by atomic mass is 35.5. The lowest BCUT2D eigenvalue weighted by molar-refractivity contribution is 0.0950. The van der Waals surface area contributed by atoms with Gasteiger partial charge in [0.05, 0.1) is 24.7 Å². The van der Waals surface area contributed by atoms with E-state index in [4.69, 9.17) is 16.3 Å². The molecule has 3 aromatic carbocycles. The van der Waals surface area contributed by atoms with E-state index in [9.17, 15) is 23.2 Å². The third-order valence-corrected chi connectivity index (χ3v) is 5.38. The first-order chi connectivity index (χ1) is 16.8. The van der Waals surface area contributed by atoms with E-state index in [0.29, 0.717) is 16.2 Å². The van der Waals surface area contributed by atoms with Crippen molar-refractivity contribution in [3.8, 4) is 11.6 Å². The summed E-state index contributed by atoms with van der Waals surface area (Å²) in [6.45, 7) is -0.394. The summed E-state index contributed by atoms with van der Waals surface area (Å²) in [5.41, 5.74) is 0.115. The first-order valence-electron chi connectivity index (χ1n) is 10.2. The van der Waals surface area contributed by atoms with E-state index in [1.165, 1.54) is 16.7 Å². The van der Waals surface area contributed by atoms with Gasteiger partial charge < -0.3 is 14.8 Å². The van der Waals surface area contributed by atoms with Gasteiger partial charge in [-0.05, 0) is 48.5 Å². The molecule has 1 aromatic heterocycles. The van der Waals surface area contributed by atoms with E-state index in [0.717, 1.165) is 25.3 Å². The number of nitrogens with one attached hydrogen (secondary N) is 1. The highest BCUT2D eigenvalue weighted by molar-refractivity contribution is 6.31. The van der Waals surface area contributed by atoms with Crippen LogP contribution in [-0.2, 0) is 11.3 Å². The summed E-state index contributed by atoms with van der Waals surface area (Å²) in [6, 6.07) is 16.0. The molecule has 0 aliphatic carbocycles. The van der Waals surface area contributed by atoms with Gasteiger partial charge in [-0.1, -0.05) is 29.8 Å². The van der Waals surface area contributed by atoms with Crippen molar-refractivity contribution in [1.29, 1.82) is 0 Å². The number of amides is 1. The van der Waals surface area contributed by atoms with Crippen molar-refractivity contribution in [1.82, 2.24) is 9.88 Å². The second kappa shape index (κ2) is 9.94. The zero-order valence-corrected chi connectivity index (χ0v) is 18.9. The Balaban J connectivity index is 1.89. The molecule has 0 radical (unpaired) electrons. The summed E-state index contributed by atoms with van der Waals surface area (Å²) in [5.74, 6) is -3.26. The molecule has 0 aliphatic heterocycles.